The van der Waals surface area contributed by atoms with E-state index in [1.54, 1.807) is 24.8 Å². The van der Waals surface area contributed by atoms with E-state index in [2.05, 4.69) is 25.4 Å². The van der Waals surface area contributed by atoms with E-state index in [1.165, 1.54) is 0 Å². The summed E-state index contributed by atoms with van der Waals surface area (Å²) in [7, 11) is 0. The van der Waals surface area contributed by atoms with Crippen molar-refractivity contribution in [3.8, 4) is 0 Å². The van der Waals surface area contributed by atoms with E-state index in [0.29, 0.717) is 5.56 Å². The molecule has 0 aromatic heterocycles. The first-order valence-electron chi connectivity index (χ1n) is 6.30. The molecule has 0 aliphatic heterocycles. The predicted molar refractivity (Wildman–Crippen MR) is 81.8 cm³/mol. The lowest BCUT2D eigenvalue weighted by atomic mass is 10.0. The van der Waals surface area contributed by atoms with Crippen molar-refractivity contribution in [1.82, 2.24) is 5.32 Å². The van der Waals surface area contributed by atoms with Crippen molar-refractivity contribution < 1.29 is 4.92 Å². The molecule has 1 aromatic carbocycles. The fourth-order valence-corrected chi connectivity index (χ4v) is 1.91. The smallest absolute Gasteiger partial charge is 0.272 e. The van der Waals surface area contributed by atoms with Gasteiger partial charge in [-0.2, -0.15) is 11.8 Å². The number of aryl methyl sites for hydroxylation is 1. The number of benzene rings is 1. The molecule has 0 saturated carbocycles. The van der Waals surface area contributed by atoms with Gasteiger partial charge in [-0.15, -0.1) is 0 Å². The van der Waals surface area contributed by atoms with Gasteiger partial charge < -0.3 is 5.32 Å². The lowest BCUT2D eigenvalue weighted by Gasteiger charge is -2.25. The third-order valence-electron chi connectivity index (χ3n) is 3.32. The molecule has 4 nitrogen and oxygen atoms in total. The zero-order chi connectivity index (χ0) is 14.6. The van der Waals surface area contributed by atoms with Gasteiger partial charge in [-0.3, -0.25) is 10.1 Å². The number of nitro benzene ring substituents is 1. The Morgan fingerprint density at radius 1 is 1.47 bits per heavy atom. The Hall–Kier alpha value is -1.07. The molecule has 1 N–H and O–H groups in total. The van der Waals surface area contributed by atoms with Crippen molar-refractivity contribution in [3.05, 3.63) is 39.4 Å². The maximum Gasteiger partial charge on any atom is 0.272 e. The third kappa shape index (κ3) is 4.51. The SMILES string of the molecule is CSC(C)(C)CNC(C)c1ccc(C)c([N+](=O)[O-])c1. The highest BCUT2D eigenvalue weighted by Crippen LogP contribution is 2.25. The summed E-state index contributed by atoms with van der Waals surface area (Å²) in [6.45, 7) is 9.00. The molecule has 0 amide bonds. The van der Waals surface area contributed by atoms with Crippen LogP contribution in [0.4, 0.5) is 5.69 Å². The van der Waals surface area contributed by atoms with Crippen molar-refractivity contribution in [2.75, 3.05) is 12.8 Å². The minimum absolute atomic E-state index is 0.103. The molecule has 5 heteroatoms. The molecule has 1 unspecified atom stereocenters. The largest absolute Gasteiger partial charge is 0.309 e. The molecule has 0 fully saturated rings. The highest BCUT2D eigenvalue weighted by molar-refractivity contribution is 7.99. The van der Waals surface area contributed by atoms with E-state index in [9.17, 15) is 10.1 Å². The van der Waals surface area contributed by atoms with Crippen LogP contribution in [-0.4, -0.2) is 22.5 Å². The van der Waals surface area contributed by atoms with Gasteiger partial charge in [-0.1, -0.05) is 12.1 Å². The Balaban J connectivity index is 2.80. The minimum atomic E-state index is -0.322. The molecule has 19 heavy (non-hydrogen) atoms. The lowest BCUT2D eigenvalue weighted by molar-refractivity contribution is -0.385. The second-order valence-electron chi connectivity index (χ2n) is 5.37. The number of nitrogens with one attached hydrogen (secondary N) is 1. The fourth-order valence-electron chi connectivity index (χ4n) is 1.68. The van der Waals surface area contributed by atoms with Crippen LogP contribution in [0, 0.1) is 17.0 Å². The van der Waals surface area contributed by atoms with Crippen LogP contribution in [0.1, 0.15) is 37.9 Å². The van der Waals surface area contributed by atoms with Crippen molar-refractivity contribution in [1.29, 1.82) is 0 Å². The number of rotatable bonds is 6. The van der Waals surface area contributed by atoms with Gasteiger partial charge in [-0.25, -0.2) is 0 Å². The average Bonchev–Trinajstić information content (AvgIpc) is 2.36. The Morgan fingerprint density at radius 3 is 2.63 bits per heavy atom. The van der Waals surface area contributed by atoms with Gasteiger partial charge in [0, 0.05) is 29.0 Å². The van der Waals surface area contributed by atoms with Crippen LogP contribution in [0.5, 0.6) is 0 Å². The highest BCUT2D eigenvalue weighted by atomic mass is 32.2. The second kappa shape index (κ2) is 6.39. The Labute approximate surface area is 119 Å². The first-order chi connectivity index (χ1) is 8.76. The molecule has 0 radical (unpaired) electrons. The standard InChI is InChI=1S/C14H22N2O2S/c1-10-6-7-12(8-13(10)16(17)18)11(2)15-9-14(3,4)19-5/h6-8,11,15H,9H2,1-5H3. The molecule has 1 aromatic rings. The van der Waals surface area contributed by atoms with E-state index < -0.39 is 0 Å². The molecule has 0 heterocycles. The number of nitro groups is 1. The quantitative estimate of drug-likeness (QED) is 0.638. The third-order valence-corrected chi connectivity index (χ3v) is 4.57. The van der Waals surface area contributed by atoms with Crippen LogP contribution in [0.3, 0.4) is 0 Å². The topological polar surface area (TPSA) is 55.2 Å². The van der Waals surface area contributed by atoms with Gasteiger partial charge in [-0.05, 0) is 39.5 Å². The maximum atomic E-state index is 10.9. The summed E-state index contributed by atoms with van der Waals surface area (Å²) in [4.78, 5) is 10.6. The summed E-state index contributed by atoms with van der Waals surface area (Å²) < 4.78 is 0.158. The van der Waals surface area contributed by atoms with Crippen LogP contribution < -0.4 is 5.32 Å². The summed E-state index contributed by atoms with van der Waals surface area (Å²) in [6.07, 6.45) is 2.09. The van der Waals surface area contributed by atoms with Crippen LogP contribution >= 0.6 is 11.8 Å². The summed E-state index contributed by atoms with van der Waals surface area (Å²) in [5, 5.41) is 14.4. The van der Waals surface area contributed by atoms with Gasteiger partial charge in [0.05, 0.1) is 4.92 Å². The molecular formula is C14H22N2O2S. The Bertz CT molecular complexity index is 461. The van der Waals surface area contributed by atoms with E-state index in [1.807, 2.05) is 19.1 Å². The zero-order valence-electron chi connectivity index (χ0n) is 12.2. The first kappa shape index (κ1) is 16.0. The number of nitrogens with zero attached hydrogens (tertiary/aromatic N) is 1. The minimum Gasteiger partial charge on any atom is -0.309 e. The van der Waals surface area contributed by atoms with E-state index in [-0.39, 0.29) is 21.4 Å². The van der Waals surface area contributed by atoms with E-state index in [4.69, 9.17) is 0 Å². The monoisotopic (exact) mass is 282 g/mol. The highest BCUT2D eigenvalue weighted by Gasteiger charge is 2.19. The van der Waals surface area contributed by atoms with Crippen molar-refractivity contribution in [3.63, 3.8) is 0 Å². The number of thioether (sulfide) groups is 1. The van der Waals surface area contributed by atoms with Crippen LogP contribution in [0.25, 0.3) is 0 Å². The lowest BCUT2D eigenvalue weighted by Crippen LogP contribution is -2.33. The fraction of sp³-hybridized carbons (Fsp3) is 0.571. The Kier molecular flexibility index (Phi) is 5.38. The summed E-state index contributed by atoms with van der Waals surface area (Å²) in [6, 6.07) is 5.53. The van der Waals surface area contributed by atoms with E-state index >= 15 is 0 Å². The molecule has 1 atom stereocenters. The molecule has 0 spiro atoms. The van der Waals surface area contributed by atoms with Gasteiger partial charge >= 0.3 is 0 Å². The second-order valence-corrected chi connectivity index (χ2v) is 6.88. The van der Waals surface area contributed by atoms with Crippen molar-refractivity contribution in [2.45, 2.75) is 38.5 Å². The number of hydrogen-bond donors (Lipinski definition) is 1. The van der Waals surface area contributed by atoms with Gasteiger partial charge in [0.25, 0.3) is 5.69 Å². The molecule has 0 saturated heterocycles. The van der Waals surface area contributed by atoms with Crippen molar-refractivity contribution in [2.24, 2.45) is 0 Å². The van der Waals surface area contributed by atoms with Gasteiger partial charge in [0.2, 0.25) is 0 Å². The predicted octanol–water partition coefficient (Wildman–Crippen LogP) is 3.70. The molecule has 1 rings (SSSR count). The number of hydrogen-bond acceptors (Lipinski definition) is 4. The Morgan fingerprint density at radius 2 is 2.11 bits per heavy atom. The zero-order valence-corrected chi connectivity index (χ0v) is 13.0. The first-order valence-corrected chi connectivity index (χ1v) is 7.53. The van der Waals surface area contributed by atoms with Crippen molar-refractivity contribution >= 4 is 17.4 Å². The van der Waals surface area contributed by atoms with Gasteiger partial charge in [0.15, 0.2) is 0 Å². The molecule has 0 bridgehead atoms. The summed E-state index contributed by atoms with van der Waals surface area (Å²) in [5.41, 5.74) is 1.84. The summed E-state index contributed by atoms with van der Waals surface area (Å²) >= 11 is 1.80. The normalized spacial score (nSPS) is 13.3. The van der Waals surface area contributed by atoms with E-state index in [0.717, 1.165) is 12.1 Å². The molecular weight excluding hydrogens is 260 g/mol. The van der Waals surface area contributed by atoms with Crippen LogP contribution in [0.15, 0.2) is 18.2 Å². The molecule has 106 valence electrons. The van der Waals surface area contributed by atoms with Crippen LogP contribution in [-0.2, 0) is 0 Å². The molecule has 0 aliphatic carbocycles. The maximum absolute atomic E-state index is 10.9. The van der Waals surface area contributed by atoms with Gasteiger partial charge in [0.1, 0.15) is 0 Å². The molecule has 0 aliphatic rings. The summed E-state index contributed by atoms with van der Waals surface area (Å²) in [5.74, 6) is 0. The van der Waals surface area contributed by atoms with Crippen LogP contribution in [0.2, 0.25) is 0 Å². The average molecular weight is 282 g/mol.